The predicted molar refractivity (Wildman–Crippen MR) is 54.4 cm³/mol. The third-order valence-electron chi connectivity index (χ3n) is 1.56. The molecular formula is C10H12N2O2. The van der Waals surface area contributed by atoms with Crippen LogP contribution in [0.4, 0.5) is 0 Å². The fraction of sp³-hybridized carbons (Fsp3) is 0.200. The lowest BCUT2D eigenvalue weighted by Crippen LogP contribution is -2.12. The van der Waals surface area contributed by atoms with Crippen molar-refractivity contribution < 1.29 is 9.53 Å². The Bertz CT molecular complexity index is 348. The second kappa shape index (κ2) is 5.01. The monoisotopic (exact) mass is 192 g/mol. The van der Waals surface area contributed by atoms with Crippen molar-refractivity contribution in [3.05, 3.63) is 29.8 Å². The molecule has 0 aromatic heterocycles. The number of amides is 1. The highest BCUT2D eigenvalue weighted by atomic mass is 16.5. The molecule has 0 radical (unpaired) electrons. The van der Waals surface area contributed by atoms with Crippen LogP contribution in [0.3, 0.4) is 0 Å². The second-order valence-corrected chi connectivity index (χ2v) is 2.67. The number of para-hydroxylation sites is 1. The molecule has 0 bridgehead atoms. The summed E-state index contributed by atoms with van der Waals surface area (Å²) in [6.07, 6.45) is 1.54. The molecule has 0 atom stereocenters. The molecule has 0 unspecified atom stereocenters. The van der Waals surface area contributed by atoms with Gasteiger partial charge >= 0.3 is 0 Å². The molecule has 0 heterocycles. The zero-order valence-corrected chi connectivity index (χ0v) is 8.15. The molecule has 0 aliphatic carbocycles. The summed E-state index contributed by atoms with van der Waals surface area (Å²) >= 11 is 0. The first-order chi connectivity index (χ1) is 6.74. The minimum absolute atomic E-state index is 0.198. The van der Waals surface area contributed by atoms with Crippen molar-refractivity contribution in [1.82, 2.24) is 5.43 Å². The van der Waals surface area contributed by atoms with E-state index < -0.39 is 0 Å². The summed E-state index contributed by atoms with van der Waals surface area (Å²) in [4.78, 5) is 10.5. The molecule has 1 aromatic rings. The molecule has 0 spiro atoms. The van der Waals surface area contributed by atoms with E-state index in [0.29, 0.717) is 0 Å². The van der Waals surface area contributed by atoms with E-state index in [-0.39, 0.29) is 5.91 Å². The van der Waals surface area contributed by atoms with Crippen LogP contribution in [0.2, 0.25) is 0 Å². The normalized spacial score (nSPS) is 10.1. The number of carbonyl (C=O) groups is 1. The highest BCUT2D eigenvalue weighted by Gasteiger charge is 1.96. The van der Waals surface area contributed by atoms with Crippen LogP contribution in [0.5, 0.6) is 5.75 Å². The summed E-state index contributed by atoms with van der Waals surface area (Å²) in [7, 11) is 1.59. The first-order valence-electron chi connectivity index (χ1n) is 4.16. The number of benzene rings is 1. The number of rotatable bonds is 3. The third-order valence-corrected chi connectivity index (χ3v) is 1.56. The molecule has 4 heteroatoms. The van der Waals surface area contributed by atoms with E-state index in [4.69, 9.17) is 4.74 Å². The van der Waals surface area contributed by atoms with Crippen molar-refractivity contribution >= 4 is 12.1 Å². The Kier molecular flexibility index (Phi) is 3.67. The van der Waals surface area contributed by atoms with Gasteiger partial charge in [-0.25, -0.2) is 5.43 Å². The molecule has 74 valence electrons. The third kappa shape index (κ3) is 2.90. The van der Waals surface area contributed by atoms with Crippen LogP contribution in [0.25, 0.3) is 0 Å². The number of carbonyl (C=O) groups excluding carboxylic acids is 1. The van der Waals surface area contributed by atoms with Crippen LogP contribution in [0.15, 0.2) is 29.4 Å². The van der Waals surface area contributed by atoms with E-state index in [9.17, 15) is 4.79 Å². The minimum Gasteiger partial charge on any atom is -0.496 e. The van der Waals surface area contributed by atoms with Gasteiger partial charge in [0.25, 0.3) is 0 Å². The van der Waals surface area contributed by atoms with Crippen LogP contribution < -0.4 is 10.2 Å². The van der Waals surface area contributed by atoms with Gasteiger partial charge in [0.05, 0.1) is 13.3 Å². The van der Waals surface area contributed by atoms with Crippen LogP contribution in [0.1, 0.15) is 12.5 Å². The number of ether oxygens (including phenoxy) is 1. The zero-order valence-electron chi connectivity index (χ0n) is 8.15. The number of methoxy groups -OCH3 is 1. The summed E-state index contributed by atoms with van der Waals surface area (Å²) in [5, 5.41) is 3.75. The van der Waals surface area contributed by atoms with E-state index in [0.717, 1.165) is 11.3 Å². The van der Waals surface area contributed by atoms with Crippen molar-refractivity contribution in [1.29, 1.82) is 0 Å². The molecule has 1 aromatic carbocycles. The molecule has 14 heavy (non-hydrogen) atoms. The Morgan fingerprint density at radius 2 is 2.21 bits per heavy atom. The van der Waals surface area contributed by atoms with Gasteiger partial charge in [0.1, 0.15) is 5.75 Å². The van der Waals surface area contributed by atoms with Crippen LogP contribution in [-0.4, -0.2) is 19.2 Å². The van der Waals surface area contributed by atoms with Crippen molar-refractivity contribution in [2.24, 2.45) is 5.10 Å². The first kappa shape index (κ1) is 10.2. The van der Waals surface area contributed by atoms with Crippen LogP contribution >= 0.6 is 0 Å². The van der Waals surface area contributed by atoms with Crippen LogP contribution in [-0.2, 0) is 4.79 Å². The van der Waals surface area contributed by atoms with Gasteiger partial charge in [0.15, 0.2) is 0 Å². The van der Waals surface area contributed by atoms with Crippen LogP contribution in [0, 0.1) is 0 Å². The van der Waals surface area contributed by atoms with Gasteiger partial charge in [-0.1, -0.05) is 12.1 Å². The average molecular weight is 192 g/mol. The minimum atomic E-state index is -0.198. The molecular weight excluding hydrogens is 180 g/mol. The number of hydrogen-bond donors (Lipinski definition) is 1. The maximum Gasteiger partial charge on any atom is 0.236 e. The maximum atomic E-state index is 10.5. The smallest absolute Gasteiger partial charge is 0.236 e. The molecule has 0 aliphatic heterocycles. The predicted octanol–water partition coefficient (Wildman–Crippen LogP) is 1.17. The molecule has 0 fully saturated rings. The number of nitrogens with zero attached hydrogens (tertiary/aromatic N) is 1. The van der Waals surface area contributed by atoms with Crippen molar-refractivity contribution in [2.45, 2.75) is 6.92 Å². The van der Waals surface area contributed by atoms with E-state index in [2.05, 4.69) is 10.5 Å². The zero-order chi connectivity index (χ0) is 10.4. The Balaban J connectivity index is 2.75. The summed E-state index contributed by atoms with van der Waals surface area (Å²) in [6, 6.07) is 7.42. The Morgan fingerprint density at radius 1 is 1.50 bits per heavy atom. The Hall–Kier alpha value is -1.84. The average Bonchev–Trinajstić information content (AvgIpc) is 2.18. The SMILES string of the molecule is COc1ccccc1/C=N/NC(C)=O. The van der Waals surface area contributed by atoms with Gasteiger partial charge in [0.2, 0.25) is 5.91 Å². The lowest BCUT2D eigenvalue weighted by Gasteiger charge is -2.02. The van der Waals surface area contributed by atoms with Crippen molar-refractivity contribution in [3.63, 3.8) is 0 Å². The van der Waals surface area contributed by atoms with E-state index in [1.807, 2.05) is 24.3 Å². The molecule has 0 aliphatic rings. The van der Waals surface area contributed by atoms with Gasteiger partial charge in [0, 0.05) is 12.5 Å². The lowest BCUT2D eigenvalue weighted by molar-refractivity contribution is -0.118. The quantitative estimate of drug-likeness (QED) is 0.577. The second-order valence-electron chi connectivity index (χ2n) is 2.67. The fourth-order valence-electron chi connectivity index (χ4n) is 0.966. The van der Waals surface area contributed by atoms with E-state index in [1.54, 1.807) is 13.3 Å². The first-order valence-corrected chi connectivity index (χ1v) is 4.16. The number of hydrogen-bond acceptors (Lipinski definition) is 3. The fourth-order valence-corrected chi connectivity index (χ4v) is 0.966. The highest BCUT2D eigenvalue weighted by molar-refractivity contribution is 5.84. The standard InChI is InChI=1S/C10H12N2O2/c1-8(13)12-11-7-9-5-3-4-6-10(9)14-2/h3-7H,1-2H3,(H,12,13)/b11-7+. The summed E-state index contributed by atoms with van der Waals surface area (Å²) < 4.78 is 5.10. The van der Waals surface area contributed by atoms with Gasteiger partial charge < -0.3 is 4.74 Å². The topological polar surface area (TPSA) is 50.7 Å². The van der Waals surface area contributed by atoms with Gasteiger partial charge in [-0.2, -0.15) is 5.10 Å². The lowest BCUT2D eigenvalue weighted by atomic mass is 10.2. The Labute approximate surface area is 82.6 Å². The number of nitrogens with one attached hydrogen (secondary N) is 1. The molecule has 1 N–H and O–H groups in total. The van der Waals surface area contributed by atoms with Crippen molar-refractivity contribution in [3.8, 4) is 5.75 Å². The molecule has 4 nitrogen and oxygen atoms in total. The van der Waals surface area contributed by atoms with Gasteiger partial charge in [-0.3, -0.25) is 4.79 Å². The van der Waals surface area contributed by atoms with Gasteiger partial charge in [-0.05, 0) is 12.1 Å². The molecule has 0 saturated carbocycles. The highest BCUT2D eigenvalue weighted by Crippen LogP contribution is 2.14. The van der Waals surface area contributed by atoms with Gasteiger partial charge in [-0.15, -0.1) is 0 Å². The molecule has 1 amide bonds. The molecule has 1 rings (SSSR count). The van der Waals surface area contributed by atoms with E-state index in [1.165, 1.54) is 6.92 Å². The largest absolute Gasteiger partial charge is 0.496 e. The molecule has 0 saturated heterocycles. The van der Waals surface area contributed by atoms with Crippen molar-refractivity contribution in [2.75, 3.05) is 7.11 Å². The summed E-state index contributed by atoms with van der Waals surface area (Å²) in [5.41, 5.74) is 3.14. The maximum absolute atomic E-state index is 10.5. The number of hydrazone groups is 1. The summed E-state index contributed by atoms with van der Waals surface area (Å²) in [6.45, 7) is 1.40. The summed E-state index contributed by atoms with van der Waals surface area (Å²) in [5.74, 6) is 0.526. The van der Waals surface area contributed by atoms with E-state index >= 15 is 0 Å². The Morgan fingerprint density at radius 3 is 2.86 bits per heavy atom.